The molecule has 1 atom stereocenters. The highest BCUT2D eigenvalue weighted by Crippen LogP contribution is 2.33. The highest BCUT2D eigenvalue weighted by Gasteiger charge is 2.19. The van der Waals surface area contributed by atoms with E-state index in [9.17, 15) is 4.79 Å². The minimum absolute atomic E-state index is 0.0521. The summed E-state index contributed by atoms with van der Waals surface area (Å²) in [6.45, 7) is 8.59. The van der Waals surface area contributed by atoms with Gasteiger partial charge in [0.2, 0.25) is 11.8 Å². The van der Waals surface area contributed by atoms with Gasteiger partial charge in [-0.3, -0.25) is 9.36 Å². The van der Waals surface area contributed by atoms with Crippen LogP contribution in [0.2, 0.25) is 5.02 Å². The molecule has 0 N–H and O–H groups in total. The van der Waals surface area contributed by atoms with Crippen LogP contribution in [0.3, 0.4) is 0 Å². The fourth-order valence-electron chi connectivity index (χ4n) is 2.53. The Labute approximate surface area is 161 Å². The Hall–Kier alpha value is -1.86. The first-order chi connectivity index (χ1) is 12.3. The molecule has 0 saturated carbocycles. The fourth-order valence-corrected chi connectivity index (χ4v) is 3.66. The first-order valence-electron chi connectivity index (χ1n) is 8.52. The Bertz CT molecular complexity index is 983. The van der Waals surface area contributed by atoms with E-state index >= 15 is 0 Å². The van der Waals surface area contributed by atoms with Crippen molar-refractivity contribution in [2.45, 2.75) is 51.1 Å². The third-order valence-electron chi connectivity index (χ3n) is 3.98. The molecule has 138 valence electrons. The first-order valence-corrected chi connectivity index (χ1v) is 9.77. The van der Waals surface area contributed by atoms with Gasteiger partial charge in [-0.25, -0.2) is 4.98 Å². The van der Waals surface area contributed by atoms with Crippen molar-refractivity contribution in [2.75, 3.05) is 0 Å². The molecule has 0 fully saturated rings. The molecule has 3 aromatic rings. The Morgan fingerprint density at radius 3 is 2.69 bits per heavy atom. The number of fused-ring (bicyclic) bond motifs is 1. The van der Waals surface area contributed by atoms with Gasteiger partial charge >= 0.3 is 0 Å². The van der Waals surface area contributed by atoms with E-state index in [0.29, 0.717) is 45.3 Å². The number of hydrogen-bond acceptors (Lipinski definition) is 6. The Morgan fingerprint density at radius 1 is 1.27 bits per heavy atom. The maximum absolute atomic E-state index is 13.0. The van der Waals surface area contributed by atoms with Gasteiger partial charge in [-0.1, -0.05) is 37.2 Å². The molecule has 2 heterocycles. The molecular formula is C18H21ClN4O2S. The molecule has 0 aliphatic rings. The number of thioether (sulfide) groups is 1. The average Bonchev–Trinajstić information content (AvgIpc) is 3.00. The summed E-state index contributed by atoms with van der Waals surface area (Å²) in [6.07, 6.45) is 0.891. The molecular weight excluding hydrogens is 372 g/mol. The summed E-state index contributed by atoms with van der Waals surface area (Å²) in [6, 6.07) is 5.17. The Morgan fingerprint density at radius 2 is 2.04 bits per heavy atom. The van der Waals surface area contributed by atoms with Gasteiger partial charge in [0.1, 0.15) is 0 Å². The first kappa shape index (κ1) is 18.9. The molecule has 0 aliphatic carbocycles. The molecule has 2 aromatic heterocycles. The summed E-state index contributed by atoms with van der Waals surface area (Å²) in [5.74, 6) is 1.52. The third kappa shape index (κ3) is 4.10. The van der Waals surface area contributed by atoms with E-state index < -0.39 is 0 Å². The third-order valence-corrected chi connectivity index (χ3v) is 5.30. The molecule has 0 radical (unpaired) electrons. The number of hydrogen-bond donors (Lipinski definition) is 0. The summed E-state index contributed by atoms with van der Waals surface area (Å²) in [4.78, 5) is 17.7. The van der Waals surface area contributed by atoms with E-state index in [1.807, 2.05) is 6.92 Å². The normalized spacial score (nSPS) is 12.8. The predicted octanol–water partition coefficient (Wildman–Crippen LogP) is 4.64. The zero-order chi connectivity index (χ0) is 18.8. The van der Waals surface area contributed by atoms with Crippen LogP contribution in [0.25, 0.3) is 10.9 Å². The topological polar surface area (TPSA) is 73.8 Å². The Balaban J connectivity index is 2.05. The molecule has 6 nitrogen and oxygen atoms in total. The second-order valence-corrected chi connectivity index (χ2v) is 8.36. The average molecular weight is 393 g/mol. The summed E-state index contributed by atoms with van der Waals surface area (Å²) in [7, 11) is 0. The van der Waals surface area contributed by atoms with Gasteiger partial charge in [-0.05, 0) is 37.5 Å². The van der Waals surface area contributed by atoms with E-state index in [2.05, 4.69) is 24.0 Å². The van der Waals surface area contributed by atoms with Crippen LogP contribution in [0.15, 0.2) is 32.6 Å². The lowest BCUT2D eigenvalue weighted by Crippen LogP contribution is -2.24. The molecule has 1 aromatic carbocycles. The van der Waals surface area contributed by atoms with Crippen LogP contribution >= 0.6 is 23.4 Å². The van der Waals surface area contributed by atoms with Crippen LogP contribution in [-0.2, 0) is 6.54 Å². The van der Waals surface area contributed by atoms with Crippen LogP contribution in [0.4, 0.5) is 0 Å². The van der Waals surface area contributed by atoms with Crippen molar-refractivity contribution < 1.29 is 4.42 Å². The van der Waals surface area contributed by atoms with Crippen molar-refractivity contribution in [1.82, 2.24) is 19.7 Å². The predicted molar refractivity (Wildman–Crippen MR) is 104 cm³/mol. The van der Waals surface area contributed by atoms with Crippen LogP contribution in [-0.4, -0.2) is 19.7 Å². The SMILES string of the molecule is Cc1nnc(C(C)Sc2nc3cc(Cl)ccc3c(=O)n2CCC(C)C)o1. The smallest absolute Gasteiger partial charge is 0.262 e. The molecule has 1 unspecified atom stereocenters. The maximum Gasteiger partial charge on any atom is 0.262 e. The van der Waals surface area contributed by atoms with Gasteiger partial charge in [-0.15, -0.1) is 10.2 Å². The van der Waals surface area contributed by atoms with E-state index in [1.165, 1.54) is 11.8 Å². The van der Waals surface area contributed by atoms with E-state index in [0.717, 1.165) is 6.42 Å². The summed E-state index contributed by atoms with van der Waals surface area (Å²) in [5, 5.41) is 9.59. The largest absolute Gasteiger partial charge is 0.424 e. The molecule has 8 heteroatoms. The minimum atomic E-state index is -0.120. The van der Waals surface area contributed by atoms with E-state index in [1.54, 1.807) is 29.7 Å². The maximum atomic E-state index is 13.0. The number of halogens is 1. The summed E-state index contributed by atoms with van der Waals surface area (Å²) >= 11 is 7.52. The molecule has 0 saturated heterocycles. The monoisotopic (exact) mass is 392 g/mol. The highest BCUT2D eigenvalue weighted by atomic mass is 35.5. The second kappa shape index (κ2) is 7.80. The fraction of sp³-hybridized carbons (Fsp3) is 0.444. The zero-order valence-corrected chi connectivity index (χ0v) is 16.8. The number of aromatic nitrogens is 4. The lowest BCUT2D eigenvalue weighted by atomic mass is 10.1. The van der Waals surface area contributed by atoms with Crippen molar-refractivity contribution in [3.63, 3.8) is 0 Å². The molecule has 0 aliphatic heterocycles. The lowest BCUT2D eigenvalue weighted by Gasteiger charge is -2.15. The second-order valence-electron chi connectivity index (χ2n) is 6.61. The quantitative estimate of drug-likeness (QED) is 0.449. The van der Waals surface area contributed by atoms with Gasteiger partial charge in [0.15, 0.2) is 5.16 Å². The molecule has 3 rings (SSSR count). The summed E-state index contributed by atoms with van der Waals surface area (Å²) in [5.41, 5.74) is 0.545. The lowest BCUT2D eigenvalue weighted by molar-refractivity contribution is 0.466. The van der Waals surface area contributed by atoms with Crippen molar-refractivity contribution in [2.24, 2.45) is 5.92 Å². The number of aryl methyl sites for hydroxylation is 1. The highest BCUT2D eigenvalue weighted by molar-refractivity contribution is 7.99. The van der Waals surface area contributed by atoms with Crippen LogP contribution in [0.5, 0.6) is 0 Å². The van der Waals surface area contributed by atoms with Crippen molar-refractivity contribution in [3.8, 4) is 0 Å². The van der Waals surface area contributed by atoms with Crippen molar-refractivity contribution >= 4 is 34.3 Å². The van der Waals surface area contributed by atoms with Gasteiger partial charge in [0.25, 0.3) is 5.56 Å². The minimum Gasteiger partial charge on any atom is -0.424 e. The molecule has 0 spiro atoms. The standard InChI is InChI=1S/C18H21ClN4O2S/c1-10(2)7-8-23-17(24)14-6-5-13(19)9-15(14)20-18(23)26-11(3)16-22-21-12(4)25-16/h5-6,9-11H,7-8H2,1-4H3. The van der Waals surface area contributed by atoms with Gasteiger partial charge in [0.05, 0.1) is 16.2 Å². The molecule has 0 bridgehead atoms. The van der Waals surface area contributed by atoms with E-state index in [-0.39, 0.29) is 10.8 Å². The van der Waals surface area contributed by atoms with Gasteiger partial charge in [-0.2, -0.15) is 0 Å². The number of nitrogens with zero attached hydrogens (tertiary/aromatic N) is 4. The van der Waals surface area contributed by atoms with Gasteiger partial charge in [0, 0.05) is 18.5 Å². The number of rotatable bonds is 6. The molecule has 26 heavy (non-hydrogen) atoms. The zero-order valence-electron chi connectivity index (χ0n) is 15.2. The van der Waals surface area contributed by atoms with Crippen LogP contribution in [0.1, 0.15) is 44.2 Å². The molecule has 0 amide bonds. The van der Waals surface area contributed by atoms with Crippen molar-refractivity contribution in [3.05, 3.63) is 45.4 Å². The van der Waals surface area contributed by atoms with Gasteiger partial charge < -0.3 is 4.42 Å². The van der Waals surface area contributed by atoms with E-state index in [4.69, 9.17) is 21.0 Å². The Kier molecular flexibility index (Phi) is 5.67. The van der Waals surface area contributed by atoms with Crippen LogP contribution < -0.4 is 5.56 Å². The number of benzene rings is 1. The summed E-state index contributed by atoms with van der Waals surface area (Å²) < 4.78 is 7.25. The van der Waals surface area contributed by atoms with Crippen LogP contribution in [0, 0.1) is 12.8 Å². The van der Waals surface area contributed by atoms with Crippen molar-refractivity contribution in [1.29, 1.82) is 0 Å².